The number of aromatic carboxylic acids is 1. The quantitative estimate of drug-likeness (QED) is 0.798. The lowest BCUT2D eigenvalue weighted by Crippen LogP contribution is -2.07. The van der Waals surface area contributed by atoms with E-state index in [0.29, 0.717) is 5.65 Å². The van der Waals surface area contributed by atoms with Crippen molar-refractivity contribution in [3.8, 4) is 11.1 Å². The summed E-state index contributed by atoms with van der Waals surface area (Å²) in [4.78, 5) is 15.7. The van der Waals surface area contributed by atoms with Gasteiger partial charge < -0.3 is 5.11 Å². The van der Waals surface area contributed by atoms with E-state index in [9.17, 15) is 9.90 Å². The predicted molar refractivity (Wildman–Crippen MR) is 88.9 cm³/mol. The highest BCUT2D eigenvalue weighted by Gasteiger charge is 2.18. The second-order valence-electron chi connectivity index (χ2n) is 5.75. The molecule has 3 aromatic rings. The van der Waals surface area contributed by atoms with E-state index in [-0.39, 0.29) is 5.69 Å². The Kier molecular flexibility index (Phi) is 3.86. The number of carboxylic acid groups (broad SMARTS) is 1. The molecule has 0 atom stereocenters. The average Bonchev–Trinajstić information content (AvgIpc) is 2.85. The number of nitrogens with zero attached hydrogens (tertiary/aromatic N) is 3. The van der Waals surface area contributed by atoms with Gasteiger partial charge in [-0.05, 0) is 31.9 Å². The van der Waals surface area contributed by atoms with Gasteiger partial charge in [0.25, 0.3) is 0 Å². The van der Waals surface area contributed by atoms with Crippen molar-refractivity contribution in [3.63, 3.8) is 0 Å². The number of carboxylic acids is 1. The van der Waals surface area contributed by atoms with Crippen molar-refractivity contribution < 1.29 is 9.90 Å². The Hall–Kier alpha value is -2.69. The molecule has 0 aliphatic carbocycles. The SMILES string of the molecule is CCCc1cc(C(=O)O)nc2c(-c3ccc(C)cc3)c(C)nn12. The number of rotatable bonds is 4. The number of hydrogen-bond donors (Lipinski definition) is 1. The van der Waals surface area contributed by atoms with Gasteiger partial charge in [-0.15, -0.1) is 0 Å². The second-order valence-corrected chi connectivity index (χ2v) is 5.75. The third-order valence-electron chi connectivity index (χ3n) is 3.90. The van der Waals surface area contributed by atoms with Gasteiger partial charge in [0.2, 0.25) is 0 Å². The Balaban J connectivity index is 2.31. The van der Waals surface area contributed by atoms with Crippen molar-refractivity contribution in [2.45, 2.75) is 33.6 Å². The number of carbonyl (C=O) groups is 1. The molecule has 0 aliphatic rings. The third kappa shape index (κ3) is 2.70. The van der Waals surface area contributed by atoms with Crippen LogP contribution in [0.1, 0.15) is 40.8 Å². The van der Waals surface area contributed by atoms with Gasteiger partial charge in [-0.3, -0.25) is 0 Å². The first-order valence-corrected chi connectivity index (χ1v) is 7.71. The van der Waals surface area contributed by atoms with Crippen LogP contribution in [0.25, 0.3) is 16.8 Å². The lowest BCUT2D eigenvalue weighted by molar-refractivity contribution is 0.0690. The van der Waals surface area contributed by atoms with Gasteiger partial charge >= 0.3 is 5.97 Å². The van der Waals surface area contributed by atoms with Crippen LogP contribution in [-0.4, -0.2) is 25.7 Å². The fourth-order valence-corrected chi connectivity index (χ4v) is 2.79. The van der Waals surface area contributed by atoms with Crippen LogP contribution in [0.2, 0.25) is 0 Å². The number of aryl methyl sites for hydroxylation is 3. The maximum atomic E-state index is 11.4. The van der Waals surface area contributed by atoms with E-state index in [2.05, 4.69) is 17.0 Å². The highest BCUT2D eigenvalue weighted by molar-refractivity contribution is 5.88. The molecule has 0 spiro atoms. The topological polar surface area (TPSA) is 67.5 Å². The van der Waals surface area contributed by atoms with E-state index in [0.717, 1.165) is 35.4 Å². The minimum atomic E-state index is -1.02. The lowest BCUT2D eigenvalue weighted by Gasteiger charge is -2.06. The summed E-state index contributed by atoms with van der Waals surface area (Å²) in [6.45, 7) is 6.02. The first kappa shape index (κ1) is 15.2. The van der Waals surface area contributed by atoms with Crippen molar-refractivity contribution in [1.82, 2.24) is 14.6 Å². The van der Waals surface area contributed by atoms with Crippen LogP contribution < -0.4 is 0 Å². The highest BCUT2D eigenvalue weighted by atomic mass is 16.4. The minimum Gasteiger partial charge on any atom is -0.477 e. The van der Waals surface area contributed by atoms with Crippen molar-refractivity contribution in [1.29, 1.82) is 0 Å². The Labute approximate surface area is 134 Å². The molecule has 0 amide bonds. The van der Waals surface area contributed by atoms with E-state index < -0.39 is 5.97 Å². The Morgan fingerprint density at radius 3 is 2.52 bits per heavy atom. The molecule has 3 rings (SSSR count). The number of benzene rings is 1. The normalized spacial score (nSPS) is 11.1. The van der Waals surface area contributed by atoms with Crippen molar-refractivity contribution in [3.05, 3.63) is 53.0 Å². The van der Waals surface area contributed by atoms with Crippen LogP contribution in [0, 0.1) is 13.8 Å². The summed E-state index contributed by atoms with van der Waals surface area (Å²) in [5.41, 5.74) is 5.46. The molecule has 2 aromatic heterocycles. The largest absolute Gasteiger partial charge is 0.477 e. The average molecular weight is 309 g/mol. The van der Waals surface area contributed by atoms with Crippen LogP contribution in [0.5, 0.6) is 0 Å². The summed E-state index contributed by atoms with van der Waals surface area (Å²) in [5, 5.41) is 13.9. The summed E-state index contributed by atoms with van der Waals surface area (Å²) in [5.74, 6) is -1.02. The van der Waals surface area contributed by atoms with Crippen molar-refractivity contribution >= 4 is 11.6 Å². The van der Waals surface area contributed by atoms with Crippen molar-refractivity contribution in [2.24, 2.45) is 0 Å². The lowest BCUT2D eigenvalue weighted by atomic mass is 10.0. The highest BCUT2D eigenvalue weighted by Crippen LogP contribution is 2.28. The molecule has 0 fully saturated rings. The standard InChI is InChI=1S/C18H19N3O2/c1-4-5-14-10-15(18(22)23)19-17-16(12(3)20-21(14)17)13-8-6-11(2)7-9-13/h6-10H,4-5H2,1-3H3,(H,22,23). The molecule has 5 nitrogen and oxygen atoms in total. The smallest absolute Gasteiger partial charge is 0.354 e. The number of fused-ring (bicyclic) bond motifs is 1. The third-order valence-corrected chi connectivity index (χ3v) is 3.90. The molecule has 118 valence electrons. The molecule has 2 heterocycles. The summed E-state index contributed by atoms with van der Waals surface area (Å²) in [6, 6.07) is 9.73. The minimum absolute atomic E-state index is 0.0641. The molecule has 0 radical (unpaired) electrons. The maximum Gasteiger partial charge on any atom is 0.354 e. The van der Waals surface area contributed by atoms with Crippen LogP contribution in [0.4, 0.5) is 0 Å². The predicted octanol–water partition coefficient (Wildman–Crippen LogP) is 3.66. The van der Waals surface area contributed by atoms with Gasteiger partial charge in [0.15, 0.2) is 11.3 Å². The van der Waals surface area contributed by atoms with Gasteiger partial charge in [-0.25, -0.2) is 14.3 Å². The van der Waals surface area contributed by atoms with Gasteiger partial charge in [-0.2, -0.15) is 5.10 Å². The molecule has 23 heavy (non-hydrogen) atoms. The van der Waals surface area contributed by atoms with Gasteiger partial charge in [-0.1, -0.05) is 43.2 Å². The maximum absolute atomic E-state index is 11.4. The number of aromatic nitrogens is 3. The van der Waals surface area contributed by atoms with Crippen LogP contribution in [0.15, 0.2) is 30.3 Å². The first-order valence-electron chi connectivity index (χ1n) is 7.71. The van der Waals surface area contributed by atoms with Crippen LogP contribution in [-0.2, 0) is 6.42 Å². The van der Waals surface area contributed by atoms with Gasteiger partial charge in [0, 0.05) is 11.3 Å². The second kappa shape index (κ2) is 5.83. The first-order chi connectivity index (χ1) is 11.0. The summed E-state index contributed by atoms with van der Waals surface area (Å²) in [7, 11) is 0. The zero-order valence-corrected chi connectivity index (χ0v) is 13.5. The van der Waals surface area contributed by atoms with E-state index in [1.54, 1.807) is 10.6 Å². The molecule has 0 unspecified atom stereocenters. The van der Waals surface area contributed by atoms with Crippen LogP contribution in [0.3, 0.4) is 0 Å². The molecule has 0 saturated carbocycles. The molecule has 0 saturated heterocycles. The summed E-state index contributed by atoms with van der Waals surface area (Å²) >= 11 is 0. The molecule has 0 bridgehead atoms. The molecule has 1 aromatic carbocycles. The molecule has 5 heteroatoms. The van der Waals surface area contributed by atoms with E-state index >= 15 is 0 Å². The van der Waals surface area contributed by atoms with Crippen molar-refractivity contribution in [2.75, 3.05) is 0 Å². The molecule has 0 aliphatic heterocycles. The zero-order valence-electron chi connectivity index (χ0n) is 13.5. The molecular formula is C18H19N3O2. The van der Waals surface area contributed by atoms with E-state index in [4.69, 9.17) is 0 Å². The van der Waals surface area contributed by atoms with E-state index in [1.165, 1.54) is 5.56 Å². The fraction of sp³-hybridized carbons (Fsp3) is 0.278. The monoisotopic (exact) mass is 309 g/mol. The Morgan fingerprint density at radius 1 is 1.22 bits per heavy atom. The van der Waals surface area contributed by atoms with Gasteiger partial charge in [0.1, 0.15) is 0 Å². The summed E-state index contributed by atoms with van der Waals surface area (Å²) in [6.07, 6.45) is 1.67. The Bertz CT molecular complexity index is 879. The number of hydrogen-bond acceptors (Lipinski definition) is 3. The van der Waals surface area contributed by atoms with Gasteiger partial charge in [0.05, 0.1) is 5.69 Å². The fourth-order valence-electron chi connectivity index (χ4n) is 2.79. The van der Waals surface area contributed by atoms with E-state index in [1.807, 2.05) is 38.1 Å². The zero-order chi connectivity index (χ0) is 16.6. The Morgan fingerprint density at radius 2 is 1.91 bits per heavy atom. The molecular weight excluding hydrogens is 290 g/mol. The molecule has 1 N–H and O–H groups in total. The van der Waals surface area contributed by atoms with Crippen LogP contribution >= 0.6 is 0 Å². The summed E-state index contributed by atoms with van der Waals surface area (Å²) < 4.78 is 1.78.